The molecule has 27 heteroatoms. The summed E-state index contributed by atoms with van der Waals surface area (Å²) in [4.78, 5) is 12.1. The Hall–Kier alpha value is -7.10. The highest BCUT2D eigenvalue weighted by Crippen LogP contribution is 2.37. The fourth-order valence-electron chi connectivity index (χ4n) is 9.08. The zero-order chi connectivity index (χ0) is 55.1. The Morgan fingerprint density at radius 2 is 1.21 bits per heavy atom. The lowest BCUT2D eigenvalue weighted by Gasteiger charge is -2.34. The number of nitrogens with one attached hydrogen (secondary N) is 2. The number of aryl methyl sites for hydroxylation is 2. The molecule has 0 radical (unpaired) electrons. The molecule has 2 aliphatic heterocycles. The number of alkyl halides is 7. The molecule has 2 N–H and O–H groups in total. The van der Waals surface area contributed by atoms with Gasteiger partial charge in [-0.1, -0.05) is 34.6 Å². The van der Waals surface area contributed by atoms with Crippen LogP contribution in [0, 0.1) is 6.92 Å². The van der Waals surface area contributed by atoms with Crippen molar-refractivity contribution in [2.45, 2.75) is 106 Å². The number of aromatic nitrogens is 6. The first-order valence-electron chi connectivity index (χ1n) is 24.0. The average molecular weight is 1120 g/mol. The van der Waals surface area contributed by atoms with Crippen molar-refractivity contribution in [3.8, 4) is 22.9 Å². The maximum absolute atomic E-state index is 16.3. The number of anilines is 2. The number of halogens is 7. The third-order valence-corrected chi connectivity index (χ3v) is 16.2. The molecule has 0 aliphatic carbocycles. The highest BCUT2D eigenvalue weighted by atomic mass is 32.2. The van der Waals surface area contributed by atoms with Gasteiger partial charge in [0.25, 0.3) is 20.0 Å². The molecule has 0 fully saturated rings. The molecule has 0 saturated heterocycles. The maximum atomic E-state index is 16.3. The molecule has 9 rings (SSSR count). The Balaban J connectivity index is 0.798. The Labute approximate surface area is 437 Å². The number of sulfonamides is 2. The standard InChI is InChI=1S/C50H51F7N10O8S2/c1-30(35-7-11-44(58-22-35)72-28-49(52,53)54)65-16-13-33-5-9-40(19-37(33)25-65)76(68,69)63-43-21-42(75-61-43)48(4,51)15-18-67-27-39(24-60-67)46-32(3)74-62-47(46)64-77(70,71)41-10-6-34-14-17-66(26-38(34)20-41)31(2)36-8-12-45(59-23-36)73-29-50(55,56)57/h5-12,19-24,27,30-31H,13-18,25-26,28-29H2,1-4H3,(H,61,63)(H,62,64). The van der Waals surface area contributed by atoms with E-state index in [1.165, 1.54) is 54.5 Å². The minimum atomic E-state index is -4.50. The van der Waals surface area contributed by atoms with Gasteiger partial charge in [-0.15, -0.1) is 0 Å². The molecule has 410 valence electrons. The zero-order valence-corrected chi connectivity index (χ0v) is 43.3. The normalized spacial score (nSPS) is 16.2. The monoisotopic (exact) mass is 1120 g/mol. The minimum absolute atomic E-state index is 0.00787. The van der Waals surface area contributed by atoms with Gasteiger partial charge in [-0.2, -0.15) is 31.4 Å². The van der Waals surface area contributed by atoms with Gasteiger partial charge in [0, 0.05) is 93.6 Å². The van der Waals surface area contributed by atoms with Crippen LogP contribution in [0.4, 0.5) is 42.4 Å². The van der Waals surface area contributed by atoms with Crippen molar-refractivity contribution in [3.05, 3.63) is 136 Å². The summed E-state index contributed by atoms with van der Waals surface area (Å²) in [5.41, 5.74) is 3.43. The number of hydrogen-bond acceptors (Lipinski definition) is 15. The summed E-state index contributed by atoms with van der Waals surface area (Å²) in [5, 5.41) is 12.1. The summed E-state index contributed by atoms with van der Waals surface area (Å²) >= 11 is 0. The van der Waals surface area contributed by atoms with E-state index in [4.69, 9.17) is 18.5 Å². The molecular weight excluding hydrogens is 1070 g/mol. The van der Waals surface area contributed by atoms with E-state index in [2.05, 4.69) is 44.6 Å². The highest BCUT2D eigenvalue weighted by Gasteiger charge is 2.34. The Morgan fingerprint density at radius 1 is 0.675 bits per heavy atom. The number of hydrogen-bond donors (Lipinski definition) is 2. The molecule has 2 aromatic carbocycles. The fourth-order valence-corrected chi connectivity index (χ4v) is 11.2. The largest absolute Gasteiger partial charge is 0.468 e. The van der Waals surface area contributed by atoms with E-state index in [1.54, 1.807) is 49.5 Å². The summed E-state index contributed by atoms with van der Waals surface area (Å²) in [6.07, 6.45) is -2.06. The molecular formula is C50H51F7N10O8S2. The van der Waals surface area contributed by atoms with E-state index in [0.717, 1.165) is 39.4 Å². The predicted octanol–water partition coefficient (Wildman–Crippen LogP) is 9.62. The van der Waals surface area contributed by atoms with Crippen molar-refractivity contribution in [2.24, 2.45) is 0 Å². The number of rotatable bonds is 19. The lowest BCUT2D eigenvalue weighted by Crippen LogP contribution is -2.33. The lowest BCUT2D eigenvalue weighted by atomic mass is 9.97. The molecule has 7 heterocycles. The van der Waals surface area contributed by atoms with Crippen LogP contribution in [0.5, 0.6) is 11.8 Å². The number of ether oxygens (including phenoxy) is 2. The van der Waals surface area contributed by atoms with Crippen LogP contribution in [0.3, 0.4) is 0 Å². The summed E-state index contributed by atoms with van der Waals surface area (Å²) < 4.78 is 173. The quantitative estimate of drug-likeness (QED) is 0.0722. The van der Waals surface area contributed by atoms with Gasteiger partial charge in [0.05, 0.1) is 21.6 Å². The summed E-state index contributed by atoms with van der Waals surface area (Å²) in [6, 6.07) is 16.3. The van der Waals surface area contributed by atoms with Crippen LogP contribution in [0.1, 0.15) is 84.2 Å². The summed E-state index contributed by atoms with van der Waals surface area (Å²) in [5.74, 6) is -0.659. The van der Waals surface area contributed by atoms with E-state index < -0.39 is 51.3 Å². The van der Waals surface area contributed by atoms with Gasteiger partial charge < -0.3 is 18.5 Å². The molecule has 2 aliphatic rings. The van der Waals surface area contributed by atoms with Crippen LogP contribution >= 0.6 is 0 Å². The van der Waals surface area contributed by atoms with E-state index in [1.807, 2.05) is 13.8 Å². The van der Waals surface area contributed by atoms with Crippen LogP contribution < -0.4 is 18.9 Å². The maximum Gasteiger partial charge on any atom is 0.422 e. The van der Waals surface area contributed by atoms with Crippen molar-refractivity contribution in [3.63, 3.8) is 0 Å². The highest BCUT2D eigenvalue weighted by molar-refractivity contribution is 7.93. The number of benzene rings is 2. The van der Waals surface area contributed by atoms with E-state index in [9.17, 15) is 43.2 Å². The molecule has 5 aromatic heterocycles. The number of nitrogens with zero attached hydrogens (tertiary/aromatic N) is 8. The van der Waals surface area contributed by atoms with Gasteiger partial charge in [-0.3, -0.25) is 23.9 Å². The second-order valence-corrected chi connectivity index (χ2v) is 22.4. The first kappa shape index (κ1) is 54.7. The molecule has 18 nitrogen and oxygen atoms in total. The van der Waals surface area contributed by atoms with Gasteiger partial charge >= 0.3 is 12.4 Å². The third kappa shape index (κ3) is 13.0. The second-order valence-electron chi connectivity index (χ2n) is 19.0. The summed E-state index contributed by atoms with van der Waals surface area (Å²) in [7, 11) is -8.47. The van der Waals surface area contributed by atoms with Gasteiger partial charge in [0.2, 0.25) is 11.8 Å². The van der Waals surface area contributed by atoms with Gasteiger partial charge in [-0.05, 0) is 98.2 Å². The Bertz CT molecular complexity index is 3460. The second kappa shape index (κ2) is 21.4. The first-order chi connectivity index (χ1) is 36.3. The van der Waals surface area contributed by atoms with Crippen molar-refractivity contribution < 1.29 is 66.1 Å². The lowest BCUT2D eigenvalue weighted by molar-refractivity contribution is -0.154. The van der Waals surface area contributed by atoms with Crippen molar-refractivity contribution in [1.82, 2.24) is 39.9 Å². The fraction of sp³-hybridized carbons (Fsp3) is 0.380. The number of fused-ring (bicyclic) bond motifs is 2. The average Bonchev–Trinajstić information content (AvgIpc) is 4.16. The minimum Gasteiger partial charge on any atom is -0.468 e. The van der Waals surface area contributed by atoms with Crippen molar-refractivity contribution in [2.75, 3.05) is 35.7 Å². The molecule has 0 spiro atoms. The smallest absolute Gasteiger partial charge is 0.422 e. The molecule has 3 unspecified atom stereocenters. The molecule has 0 amide bonds. The number of pyridine rings is 2. The molecule has 0 bridgehead atoms. The predicted molar refractivity (Wildman–Crippen MR) is 263 cm³/mol. The van der Waals surface area contributed by atoms with Gasteiger partial charge in [-0.25, -0.2) is 31.2 Å². The topological polar surface area (TPSA) is 213 Å². The van der Waals surface area contributed by atoms with Crippen LogP contribution in [0.15, 0.2) is 110 Å². The van der Waals surface area contributed by atoms with Crippen molar-refractivity contribution in [1.29, 1.82) is 0 Å². The Kier molecular flexibility index (Phi) is 15.2. The van der Waals surface area contributed by atoms with Crippen LogP contribution in [-0.4, -0.2) is 95.4 Å². The van der Waals surface area contributed by atoms with Crippen LogP contribution in [0.2, 0.25) is 0 Å². The third-order valence-electron chi connectivity index (χ3n) is 13.5. The van der Waals surface area contributed by atoms with Crippen molar-refractivity contribution >= 4 is 31.7 Å². The Morgan fingerprint density at radius 3 is 1.71 bits per heavy atom. The molecule has 77 heavy (non-hydrogen) atoms. The van der Waals surface area contributed by atoms with Gasteiger partial charge in [0.15, 0.2) is 36.3 Å². The molecule has 0 saturated carbocycles. The van der Waals surface area contributed by atoms with E-state index >= 15 is 4.39 Å². The van der Waals surface area contributed by atoms with Crippen LogP contribution in [-0.2, 0) is 58.2 Å². The summed E-state index contributed by atoms with van der Waals surface area (Å²) in [6.45, 7) is 5.76. The van der Waals surface area contributed by atoms with Gasteiger partial charge in [0.1, 0.15) is 5.76 Å². The van der Waals surface area contributed by atoms with Crippen LogP contribution in [0.25, 0.3) is 11.1 Å². The zero-order valence-electron chi connectivity index (χ0n) is 41.7. The molecule has 3 atom stereocenters. The van der Waals surface area contributed by atoms with E-state index in [0.29, 0.717) is 50.1 Å². The molecule has 7 aromatic rings. The SMILES string of the molecule is Cc1onc(NS(=O)(=O)c2ccc3c(c2)CN(C(C)c2ccc(OCC(F)(F)F)nc2)CC3)c1-c1cnn(CCC(C)(F)c2cc(NS(=O)(=O)c3ccc4c(c3)CN(C(C)c3ccc(OCC(F)(F)F)nc3)CC4)no2)c1. The first-order valence-corrected chi connectivity index (χ1v) is 27.0. The van der Waals surface area contributed by atoms with E-state index in [-0.39, 0.29) is 69.8 Å².